The van der Waals surface area contributed by atoms with Crippen LogP contribution in [-0.4, -0.2) is 34.3 Å². The molecule has 2 heterocycles. The normalized spacial score (nSPS) is 14.4. The third kappa shape index (κ3) is 5.71. The Morgan fingerprint density at radius 2 is 2.00 bits per heavy atom. The number of thioether (sulfide) groups is 1. The van der Waals surface area contributed by atoms with Crippen molar-refractivity contribution in [1.29, 1.82) is 5.26 Å². The smallest absolute Gasteiger partial charge is 0.410 e. The van der Waals surface area contributed by atoms with E-state index in [1.54, 1.807) is 17.0 Å². The van der Waals surface area contributed by atoms with Gasteiger partial charge in [-0.15, -0.1) is 23.1 Å². The van der Waals surface area contributed by atoms with Crippen LogP contribution in [-0.2, 0) is 22.5 Å². The SMILES string of the molecule is CC(Sc1ccc(N)cc1)C(=O)Nc1sc2c(c1C#N)CCN(C(=O)OC(C)(C)C)C2. The van der Waals surface area contributed by atoms with E-state index in [-0.39, 0.29) is 17.3 Å². The second-order valence-corrected chi connectivity index (χ2v) is 10.8. The van der Waals surface area contributed by atoms with Gasteiger partial charge in [0.25, 0.3) is 0 Å². The van der Waals surface area contributed by atoms with Crippen LogP contribution in [0.1, 0.15) is 43.7 Å². The molecule has 1 aromatic carbocycles. The summed E-state index contributed by atoms with van der Waals surface area (Å²) >= 11 is 2.77. The molecule has 2 amide bonds. The molecule has 1 aromatic heterocycles. The van der Waals surface area contributed by atoms with Gasteiger partial charge in [-0.05, 0) is 63.9 Å². The number of hydrogen-bond acceptors (Lipinski definition) is 7. The minimum atomic E-state index is -0.567. The second-order valence-electron chi connectivity index (χ2n) is 8.29. The minimum absolute atomic E-state index is 0.180. The average Bonchev–Trinajstić information content (AvgIpc) is 3.04. The molecule has 0 saturated heterocycles. The molecule has 0 spiro atoms. The highest BCUT2D eigenvalue weighted by atomic mass is 32.2. The summed E-state index contributed by atoms with van der Waals surface area (Å²) in [6, 6.07) is 9.57. The Bertz CT molecular complexity index is 1020. The monoisotopic (exact) mass is 458 g/mol. The molecule has 1 atom stereocenters. The van der Waals surface area contributed by atoms with Gasteiger partial charge in [-0.2, -0.15) is 5.26 Å². The first-order chi connectivity index (χ1) is 14.6. The number of hydrogen-bond donors (Lipinski definition) is 2. The third-order valence-corrected chi connectivity index (χ3v) is 6.86. The number of nitrogen functional groups attached to an aromatic ring is 1. The van der Waals surface area contributed by atoms with E-state index >= 15 is 0 Å². The van der Waals surface area contributed by atoms with Gasteiger partial charge in [-0.1, -0.05) is 0 Å². The second kappa shape index (κ2) is 9.20. The van der Waals surface area contributed by atoms with E-state index in [0.29, 0.717) is 35.8 Å². The predicted molar refractivity (Wildman–Crippen MR) is 124 cm³/mol. The van der Waals surface area contributed by atoms with Crippen molar-refractivity contribution in [3.63, 3.8) is 0 Å². The van der Waals surface area contributed by atoms with Crippen molar-refractivity contribution in [2.45, 2.75) is 56.4 Å². The van der Waals surface area contributed by atoms with Gasteiger partial charge >= 0.3 is 6.09 Å². The summed E-state index contributed by atoms with van der Waals surface area (Å²) in [5, 5.41) is 12.8. The maximum absolute atomic E-state index is 12.8. The van der Waals surface area contributed by atoms with Crippen molar-refractivity contribution in [3.05, 3.63) is 40.3 Å². The molecule has 1 aliphatic heterocycles. The quantitative estimate of drug-likeness (QED) is 0.511. The highest BCUT2D eigenvalue weighted by Gasteiger charge is 2.30. The average molecular weight is 459 g/mol. The van der Waals surface area contributed by atoms with Gasteiger partial charge in [0.05, 0.1) is 17.4 Å². The summed E-state index contributed by atoms with van der Waals surface area (Å²) in [6.07, 6.45) is 0.184. The number of carbonyl (C=O) groups is 2. The first-order valence-electron chi connectivity index (χ1n) is 9.93. The summed E-state index contributed by atoms with van der Waals surface area (Å²) in [7, 11) is 0. The number of nitriles is 1. The predicted octanol–water partition coefficient (Wildman–Crippen LogP) is 4.61. The van der Waals surface area contributed by atoms with Gasteiger partial charge in [0.2, 0.25) is 5.91 Å². The van der Waals surface area contributed by atoms with Crippen LogP contribution < -0.4 is 11.1 Å². The summed E-state index contributed by atoms with van der Waals surface area (Å²) in [4.78, 5) is 28.6. The van der Waals surface area contributed by atoms with Gasteiger partial charge in [-0.3, -0.25) is 4.79 Å². The number of thiophene rings is 1. The largest absolute Gasteiger partial charge is 0.444 e. The summed E-state index contributed by atoms with van der Waals surface area (Å²) in [6.45, 7) is 8.16. The number of nitrogens with zero attached hydrogens (tertiary/aromatic N) is 2. The number of benzene rings is 1. The Morgan fingerprint density at radius 1 is 1.32 bits per heavy atom. The maximum Gasteiger partial charge on any atom is 0.410 e. The van der Waals surface area contributed by atoms with Crippen molar-refractivity contribution >= 4 is 45.8 Å². The first-order valence-corrected chi connectivity index (χ1v) is 11.6. The van der Waals surface area contributed by atoms with Crippen molar-refractivity contribution in [2.75, 3.05) is 17.6 Å². The van der Waals surface area contributed by atoms with Crippen LogP contribution in [0.2, 0.25) is 0 Å². The van der Waals surface area contributed by atoms with Gasteiger partial charge < -0.3 is 20.7 Å². The molecule has 9 heteroatoms. The highest BCUT2D eigenvalue weighted by Crippen LogP contribution is 2.37. The topological polar surface area (TPSA) is 108 Å². The fourth-order valence-electron chi connectivity index (χ4n) is 3.11. The lowest BCUT2D eigenvalue weighted by Gasteiger charge is -2.29. The Balaban J connectivity index is 1.70. The molecule has 164 valence electrons. The van der Waals surface area contributed by atoms with Gasteiger partial charge in [-0.25, -0.2) is 4.79 Å². The molecule has 0 radical (unpaired) electrons. The number of nitrogens with one attached hydrogen (secondary N) is 1. The van der Waals surface area contributed by atoms with Crippen LogP contribution >= 0.6 is 23.1 Å². The van der Waals surface area contributed by atoms with Crippen molar-refractivity contribution in [2.24, 2.45) is 0 Å². The number of amides is 2. The molecule has 2 aromatic rings. The van der Waals surface area contributed by atoms with Gasteiger partial charge in [0.1, 0.15) is 16.7 Å². The van der Waals surface area contributed by atoms with E-state index in [4.69, 9.17) is 10.5 Å². The Hall–Kier alpha value is -2.70. The van der Waals surface area contributed by atoms with Crippen LogP contribution in [0.4, 0.5) is 15.5 Å². The van der Waals surface area contributed by atoms with Crippen molar-refractivity contribution in [1.82, 2.24) is 4.90 Å². The molecule has 0 fully saturated rings. The van der Waals surface area contributed by atoms with Gasteiger partial charge in [0.15, 0.2) is 0 Å². The molecule has 31 heavy (non-hydrogen) atoms. The molecule has 3 N–H and O–H groups in total. The molecular formula is C22H26N4O3S2. The van der Waals surface area contributed by atoms with E-state index in [0.717, 1.165) is 15.3 Å². The Labute approximate surface area is 190 Å². The number of fused-ring (bicyclic) bond motifs is 1. The van der Waals surface area contributed by atoms with Crippen LogP contribution in [0.25, 0.3) is 0 Å². The number of nitrogens with two attached hydrogens (primary N) is 1. The lowest BCUT2D eigenvalue weighted by molar-refractivity contribution is -0.115. The molecular weight excluding hydrogens is 432 g/mol. The number of rotatable bonds is 4. The highest BCUT2D eigenvalue weighted by molar-refractivity contribution is 8.00. The number of ether oxygens (including phenoxy) is 1. The standard InChI is InChI=1S/C22H26N4O3S2/c1-13(30-15-7-5-14(24)6-8-15)19(27)25-20-17(11-23)16-9-10-26(12-18(16)31-20)21(28)29-22(2,3)4/h5-8,13H,9-10,12,24H2,1-4H3,(H,25,27). The van der Waals surface area contributed by atoms with E-state index in [1.807, 2.05) is 39.8 Å². The maximum atomic E-state index is 12.8. The molecule has 1 unspecified atom stereocenters. The fraction of sp³-hybridized carbons (Fsp3) is 0.409. The molecule has 0 bridgehead atoms. The van der Waals surface area contributed by atoms with E-state index in [2.05, 4.69) is 11.4 Å². The molecule has 3 rings (SSSR count). The van der Waals surface area contributed by atoms with Crippen LogP contribution in [0.5, 0.6) is 0 Å². The Morgan fingerprint density at radius 3 is 2.61 bits per heavy atom. The lowest BCUT2D eigenvalue weighted by atomic mass is 10.0. The molecule has 0 aliphatic carbocycles. The van der Waals surface area contributed by atoms with Crippen molar-refractivity contribution in [3.8, 4) is 6.07 Å². The minimum Gasteiger partial charge on any atom is -0.444 e. The number of carbonyl (C=O) groups excluding carboxylic acids is 2. The Kier molecular flexibility index (Phi) is 6.82. The number of anilines is 2. The van der Waals surface area contributed by atoms with Gasteiger partial charge in [0, 0.05) is 22.0 Å². The molecule has 1 aliphatic rings. The summed E-state index contributed by atoms with van der Waals surface area (Å²) < 4.78 is 5.46. The first kappa shape index (κ1) is 23.0. The third-order valence-electron chi connectivity index (χ3n) is 4.62. The molecule has 7 nitrogen and oxygen atoms in total. The van der Waals surface area contributed by atoms with Crippen LogP contribution in [0, 0.1) is 11.3 Å². The van der Waals surface area contributed by atoms with E-state index in [1.165, 1.54) is 23.1 Å². The lowest BCUT2D eigenvalue weighted by Crippen LogP contribution is -2.39. The zero-order chi connectivity index (χ0) is 22.8. The molecule has 0 saturated carbocycles. The van der Waals surface area contributed by atoms with Crippen LogP contribution in [0.3, 0.4) is 0 Å². The van der Waals surface area contributed by atoms with E-state index < -0.39 is 5.60 Å². The van der Waals surface area contributed by atoms with Crippen molar-refractivity contribution < 1.29 is 14.3 Å². The summed E-state index contributed by atoms with van der Waals surface area (Å²) in [5.41, 5.74) is 7.20. The zero-order valence-electron chi connectivity index (χ0n) is 18.0. The zero-order valence-corrected chi connectivity index (χ0v) is 19.7. The van der Waals surface area contributed by atoms with E-state index in [9.17, 15) is 14.9 Å². The van der Waals surface area contributed by atoms with Crippen LogP contribution in [0.15, 0.2) is 29.2 Å². The fourth-order valence-corrected chi connectivity index (χ4v) is 5.19. The summed E-state index contributed by atoms with van der Waals surface area (Å²) in [5.74, 6) is -0.180.